The number of carbonyl (C=O) groups is 2. The van der Waals surface area contributed by atoms with E-state index in [0.29, 0.717) is 37.6 Å². The maximum atomic E-state index is 10.8. The largest absolute Gasteiger partial charge is 0.330 e. The van der Waals surface area contributed by atoms with Crippen LogP contribution in [0.15, 0.2) is 0 Å². The Morgan fingerprint density at radius 2 is 1.67 bits per heavy atom. The van der Waals surface area contributed by atoms with E-state index in [9.17, 15) is 9.59 Å². The molecule has 0 unspecified atom stereocenters. The molecular weight excluding hydrogens is 228 g/mol. The van der Waals surface area contributed by atoms with Gasteiger partial charge in [0, 0.05) is 37.8 Å². The van der Waals surface area contributed by atoms with Gasteiger partial charge in [-0.2, -0.15) is 0 Å². The van der Waals surface area contributed by atoms with E-state index in [1.807, 2.05) is 20.8 Å². The van der Waals surface area contributed by atoms with Crippen LogP contribution in [0.2, 0.25) is 0 Å². The second-order valence-electron chi connectivity index (χ2n) is 4.91. The van der Waals surface area contributed by atoms with E-state index < -0.39 is 0 Å². The summed E-state index contributed by atoms with van der Waals surface area (Å²) in [5.41, 5.74) is 5.15. The van der Waals surface area contributed by atoms with Gasteiger partial charge in [-0.05, 0) is 6.54 Å². The molecule has 18 heavy (non-hydrogen) atoms. The Morgan fingerprint density at radius 1 is 1.11 bits per heavy atom. The molecule has 0 atom stereocenters. The van der Waals surface area contributed by atoms with Crippen LogP contribution in [0.25, 0.3) is 0 Å². The van der Waals surface area contributed by atoms with Crippen molar-refractivity contribution < 1.29 is 9.59 Å². The molecule has 0 aromatic carbocycles. The van der Waals surface area contributed by atoms with E-state index in [2.05, 4.69) is 19.2 Å². The number of ketones is 2. The van der Waals surface area contributed by atoms with Crippen LogP contribution in [0.1, 0.15) is 53.9 Å². The number of nitrogens with two attached hydrogens (primary N) is 1. The van der Waals surface area contributed by atoms with Gasteiger partial charge in [0.15, 0.2) is 0 Å². The molecule has 0 heterocycles. The van der Waals surface area contributed by atoms with Gasteiger partial charge in [-0.3, -0.25) is 9.59 Å². The van der Waals surface area contributed by atoms with E-state index in [0.717, 1.165) is 6.54 Å². The van der Waals surface area contributed by atoms with Gasteiger partial charge in [0.05, 0.1) is 0 Å². The van der Waals surface area contributed by atoms with Crippen molar-refractivity contribution >= 4 is 11.6 Å². The molecule has 0 bridgehead atoms. The molecule has 4 heteroatoms. The number of carbonyl (C=O) groups excluding carboxylic acids is 2. The third-order valence-electron chi connectivity index (χ3n) is 2.39. The average molecular weight is 258 g/mol. The van der Waals surface area contributed by atoms with Crippen molar-refractivity contribution in [3.05, 3.63) is 0 Å². The zero-order valence-electron chi connectivity index (χ0n) is 12.6. The van der Waals surface area contributed by atoms with Gasteiger partial charge in [-0.15, -0.1) is 0 Å². The smallest absolute Gasteiger partial charge is 0.136 e. The Labute approximate surface area is 112 Å². The van der Waals surface area contributed by atoms with Crippen molar-refractivity contribution in [1.29, 1.82) is 0 Å². The van der Waals surface area contributed by atoms with Crippen molar-refractivity contribution in [2.75, 3.05) is 13.1 Å². The fourth-order valence-electron chi connectivity index (χ4n) is 1.11. The van der Waals surface area contributed by atoms with E-state index in [4.69, 9.17) is 5.73 Å². The molecule has 0 fully saturated rings. The van der Waals surface area contributed by atoms with Gasteiger partial charge < -0.3 is 11.1 Å². The molecular formula is C14H30N2O2. The predicted octanol–water partition coefficient (Wildman–Crippen LogP) is 1.91. The minimum Gasteiger partial charge on any atom is -0.330 e. The summed E-state index contributed by atoms with van der Waals surface area (Å²) in [7, 11) is 0. The maximum absolute atomic E-state index is 10.8. The lowest BCUT2D eigenvalue weighted by Gasteiger charge is -2.05. The number of nitrogens with one attached hydrogen (secondary N) is 1. The van der Waals surface area contributed by atoms with Crippen LogP contribution in [-0.2, 0) is 9.59 Å². The molecule has 0 spiro atoms. The molecule has 0 saturated heterocycles. The average Bonchev–Trinajstić information content (AvgIpc) is 2.29. The van der Waals surface area contributed by atoms with Crippen LogP contribution >= 0.6 is 0 Å². The van der Waals surface area contributed by atoms with Crippen LogP contribution in [0.5, 0.6) is 0 Å². The summed E-state index contributed by atoms with van der Waals surface area (Å²) >= 11 is 0. The standard InChI is InChI=1S/C8H17NO.C6H13NO/c1-4-8(10)5-6-9-7(2)3;1-5(2)6(8)3-4-7/h7,9H,4-6H2,1-3H3;5H,3-4,7H2,1-2H3. The minimum absolute atomic E-state index is 0.151. The topological polar surface area (TPSA) is 72.2 Å². The molecule has 0 aliphatic rings. The number of hydrogen-bond acceptors (Lipinski definition) is 4. The normalized spacial score (nSPS) is 10.2. The van der Waals surface area contributed by atoms with Crippen LogP contribution in [0, 0.1) is 5.92 Å². The van der Waals surface area contributed by atoms with Crippen molar-refractivity contribution in [3.8, 4) is 0 Å². The molecule has 0 aromatic heterocycles. The summed E-state index contributed by atoms with van der Waals surface area (Å²) in [6.07, 6.45) is 1.87. The second-order valence-corrected chi connectivity index (χ2v) is 4.91. The Kier molecular flexibility index (Phi) is 13.8. The quantitative estimate of drug-likeness (QED) is 0.697. The first-order chi connectivity index (χ1) is 8.34. The summed E-state index contributed by atoms with van der Waals surface area (Å²) < 4.78 is 0. The summed E-state index contributed by atoms with van der Waals surface area (Å²) in [5, 5.41) is 3.19. The first-order valence-electron chi connectivity index (χ1n) is 6.82. The summed E-state index contributed by atoms with van der Waals surface area (Å²) in [4.78, 5) is 21.4. The molecule has 3 N–H and O–H groups in total. The highest BCUT2D eigenvalue weighted by Gasteiger charge is 2.03. The Hall–Kier alpha value is -0.740. The molecule has 0 aliphatic heterocycles. The van der Waals surface area contributed by atoms with Crippen molar-refractivity contribution in [1.82, 2.24) is 5.32 Å². The van der Waals surface area contributed by atoms with Gasteiger partial charge >= 0.3 is 0 Å². The molecule has 0 saturated carbocycles. The lowest BCUT2D eigenvalue weighted by atomic mass is 10.1. The number of rotatable bonds is 8. The van der Waals surface area contributed by atoms with Gasteiger partial charge in [-0.25, -0.2) is 0 Å². The third kappa shape index (κ3) is 15.3. The van der Waals surface area contributed by atoms with Crippen molar-refractivity contribution in [2.45, 2.75) is 59.9 Å². The van der Waals surface area contributed by atoms with Crippen LogP contribution in [0.4, 0.5) is 0 Å². The fourth-order valence-corrected chi connectivity index (χ4v) is 1.11. The number of Topliss-reactive ketones (excluding diaryl/α,β-unsaturated/α-hetero) is 2. The van der Waals surface area contributed by atoms with Crippen molar-refractivity contribution in [2.24, 2.45) is 11.7 Å². The van der Waals surface area contributed by atoms with Gasteiger partial charge in [0.1, 0.15) is 11.6 Å². The van der Waals surface area contributed by atoms with Crippen LogP contribution in [-0.4, -0.2) is 30.7 Å². The Morgan fingerprint density at radius 3 is 1.94 bits per heavy atom. The van der Waals surface area contributed by atoms with E-state index >= 15 is 0 Å². The van der Waals surface area contributed by atoms with Gasteiger partial charge in [0.25, 0.3) is 0 Å². The van der Waals surface area contributed by atoms with Crippen molar-refractivity contribution in [3.63, 3.8) is 0 Å². The number of hydrogen-bond donors (Lipinski definition) is 2. The Balaban J connectivity index is 0. The zero-order chi connectivity index (χ0) is 14.6. The Bertz CT molecular complexity index is 226. The predicted molar refractivity (Wildman–Crippen MR) is 76.6 cm³/mol. The molecule has 4 nitrogen and oxygen atoms in total. The summed E-state index contributed by atoms with van der Waals surface area (Å²) in [5.74, 6) is 0.749. The molecule has 0 radical (unpaired) electrons. The molecule has 0 rings (SSSR count). The molecule has 0 aromatic rings. The monoisotopic (exact) mass is 258 g/mol. The molecule has 0 amide bonds. The van der Waals surface area contributed by atoms with E-state index in [1.165, 1.54) is 0 Å². The maximum Gasteiger partial charge on any atom is 0.136 e. The third-order valence-corrected chi connectivity index (χ3v) is 2.39. The minimum atomic E-state index is 0.151. The highest BCUT2D eigenvalue weighted by atomic mass is 16.1. The van der Waals surface area contributed by atoms with Gasteiger partial charge in [0.2, 0.25) is 0 Å². The lowest BCUT2D eigenvalue weighted by Crippen LogP contribution is -2.25. The van der Waals surface area contributed by atoms with Gasteiger partial charge in [-0.1, -0.05) is 34.6 Å². The highest BCUT2D eigenvalue weighted by molar-refractivity contribution is 5.80. The summed E-state index contributed by atoms with van der Waals surface area (Å²) in [6.45, 7) is 11.1. The fraction of sp³-hybridized carbons (Fsp3) is 0.857. The SMILES string of the molecule is CC(C)C(=O)CCN.CCC(=O)CCNC(C)C. The van der Waals surface area contributed by atoms with Crippen LogP contribution < -0.4 is 11.1 Å². The van der Waals surface area contributed by atoms with E-state index in [1.54, 1.807) is 0 Å². The van der Waals surface area contributed by atoms with Crippen LogP contribution in [0.3, 0.4) is 0 Å². The molecule has 108 valence electrons. The second kappa shape index (κ2) is 12.7. The zero-order valence-corrected chi connectivity index (χ0v) is 12.6. The van der Waals surface area contributed by atoms with E-state index in [-0.39, 0.29) is 11.7 Å². The highest BCUT2D eigenvalue weighted by Crippen LogP contribution is 1.95. The lowest BCUT2D eigenvalue weighted by molar-refractivity contribution is -0.121. The summed E-state index contributed by atoms with van der Waals surface area (Å²) in [6, 6.07) is 0.490. The molecule has 0 aliphatic carbocycles. The first kappa shape index (κ1) is 19.6. The first-order valence-corrected chi connectivity index (χ1v) is 6.82.